The molecule has 0 unspecified atom stereocenters. The molecule has 3 aromatic carbocycles. The van der Waals surface area contributed by atoms with Gasteiger partial charge in [-0.1, -0.05) is 36.4 Å². The molecule has 0 spiro atoms. The number of hydrogen-bond acceptors (Lipinski definition) is 5. The van der Waals surface area contributed by atoms with E-state index in [0.717, 1.165) is 41.0 Å². The summed E-state index contributed by atoms with van der Waals surface area (Å²) in [6, 6.07) is 23.3. The third-order valence-electron chi connectivity index (χ3n) is 5.15. The highest BCUT2D eigenvalue weighted by molar-refractivity contribution is 6.03. The summed E-state index contributed by atoms with van der Waals surface area (Å²) in [6.45, 7) is 0. The van der Waals surface area contributed by atoms with Gasteiger partial charge in [-0.3, -0.25) is 9.59 Å². The first-order valence-corrected chi connectivity index (χ1v) is 10.9. The van der Waals surface area contributed by atoms with E-state index in [0.29, 0.717) is 16.9 Å². The van der Waals surface area contributed by atoms with E-state index in [2.05, 4.69) is 16.7 Å². The molecule has 0 atom stereocenters. The van der Waals surface area contributed by atoms with E-state index in [1.165, 1.54) is 0 Å². The number of carboxylic acid groups (broad SMARTS) is 2. The van der Waals surface area contributed by atoms with Crippen LogP contribution in [0.5, 0.6) is 0 Å². The lowest BCUT2D eigenvalue weighted by molar-refractivity contribution is -0.132. The number of nitrogens with one attached hydrogen (secondary N) is 2. The van der Waals surface area contributed by atoms with Gasteiger partial charge in [-0.25, -0.2) is 9.59 Å². The lowest BCUT2D eigenvalue weighted by atomic mass is 9.84. The van der Waals surface area contributed by atoms with Crippen molar-refractivity contribution in [2.45, 2.75) is 5.92 Å². The molecule has 0 bridgehead atoms. The molecule has 0 aliphatic carbocycles. The maximum Gasteiger partial charge on any atom is 0.328 e. The van der Waals surface area contributed by atoms with Crippen LogP contribution in [0.4, 0.5) is 11.4 Å². The number of aliphatic carboxylic acids is 2. The van der Waals surface area contributed by atoms with Crippen LogP contribution in [0.3, 0.4) is 0 Å². The van der Waals surface area contributed by atoms with E-state index in [9.17, 15) is 19.2 Å². The fourth-order valence-electron chi connectivity index (χ4n) is 3.51. The zero-order valence-electron chi connectivity index (χ0n) is 19.3. The number of amides is 2. The molecule has 0 saturated carbocycles. The summed E-state index contributed by atoms with van der Waals surface area (Å²) >= 11 is 0. The maximum atomic E-state index is 11.9. The van der Waals surface area contributed by atoms with Gasteiger partial charge in [0, 0.05) is 41.6 Å². The summed E-state index contributed by atoms with van der Waals surface area (Å²) < 4.78 is 0. The van der Waals surface area contributed by atoms with Crippen molar-refractivity contribution in [2.24, 2.45) is 0 Å². The molecule has 0 aliphatic heterocycles. The van der Waals surface area contributed by atoms with Gasteiger partial charge >= 0.3 is 11.9 Å². The number of carbonyl (C=O) groups excluding carboxylic acids is 2. The molecule has 0 aliphatic rings. The van der Waals surface area contributed by atoms with Crippen LogP contribution in [0.15, 0.2) is 97.1 Å². The number of carbonyl (C=O) groups is 4. The Hall–Kier alpha value is -5.49. The quantitative estimate of drug-likeness (QED) is 0.259. The summed E-state index contributed by atoms with van der Waals surface area (Å²) in [6.07, 6.45) is 3.35. The van der Waals surface area contributed by atoms with Gasteiger partial charge in [0.1, 0.15) is 0 Å². The Balaban J connectivity index is 1.88. The highest BCUT2D eigenvalue weighted by Gasteiger charge is 2.17. The van der Waals surface area contributed by atoms with E-state index < -0.39 is 23.8 Å². The van der Waals surface area contributed by atoms with Crippen LogP contribution in [0.1, 0.15) is 28.2 Å². The van der Waals surface area contributed by atoms with Crippen molar-refractivity contribution < 1.29 is 29.4 Å². The van der Waals surface area contributed by atoms with Gasteiger partial charge in [0.25, 0.3) is 0 Å². The van der Waals surface area contributed by atoms with Crippen LogP contribution in [0, 0.1) is 11.3 Å². The number of nitrogens with zero attached hydrogens (tertiary/aromatic N) is 1. The van der Waals surface area contributed by atoms with Gasteiger partial charge in [0.05, 0.1) is 11.6 Å². The number of benzene rings is 3. The molecule has 0 heterocycles. The molecule has 37 heavy (non-hydrogen) atoms. The number of carboxylic acids is 2. The van der Waals surface area contributed by atoms with Gasteiger partial charge in [-0.15, -0.1) is 0 Å². The van der Waals surface area contributed by atoms with Gasteiger partial charge in [0.15, 0.2) is 0 Å². The van der Waals surface area contributed by atoms with Crippen LogP contribution >= 0.6 is 0 Å². The molecule has 2 amide bonds. The molecule has 184 valence electrons. The number of anilines is 2. The fraction of sp³-hybridized carbons (Fsp3) is 0.0357. The highest BCUT2D eigenvalue weighted by atomic mass is 16.4. The van der Waals surface area contributed by atoms with Crippen molar-refractivity contribution >= 4 is 35.1 Å². The van der Waals surface area contributed by atoms with E-state index in [1.807, 2.05) is 36.4 Å². The SMILES string of the molecule is N#Cc1ccc(C(c2ccc(NC(=O)/C=C/C(=O)O)cc2)c2ccc(NC(=O)/C=C/C(=O)O)cc2)cc1. The van der Waals surface area contributed by atoms with Crippen LogP contribution < -0.4 is 10.6 Å². The molecule has 0 saturated heterocycles. The lowest BCUT2D eigenvalue weighted by Crippen LogP contribution is -2.10. The first-order chi connectivity index (χ1) is 17.7. The second kappa shape index (κ2) is 12.3. The molecule has 9 nitrogen and oxygen atoms in total. The average Bonchev–Trinajstić information content (AvgIpc) is 2.89. The molecule has 0 radical (unpaired) electrons. The first kappa shape index (κ1) is 26.1. The van der Waals surface area contributed by atoms with Crippen molar-refractivity contribution in [3.63, 3.8) is 0 Å². The third-order valence-corrected chi connectivity index (χ3v) is 5.15. The average molecular weight is 495 g/mol. The number of hydrogen-bond donors (Lipinski definition) is 4. The molecule has 0 fully saturated rings. The molecule has 4 N–H and O–H groups in total. The van der Waals surface area contributed by atoms with Gasteiger partial charge in [-0.05, 0) is 53.1 Å². The van der Waals surface area contributed by atoms with Crippen molar-refractivity contribution in [1.82, 2.24) is 0 Å². The zero-order chi connectivity index (χ0) is 26.8. The lowest BCUT2D eigenvalue weighted by Gasteiger charge is -2.20. The van der Waals surface area contributed by atoms with Crippen molar-refractivity contribution in [1.29, 1.82) is 5.26 Å². The predicted molar refractivity (Wildman–Crippen MR) is 136 cm³/mol. The van der Waals surface area contributed by atoms with Crippen LogP contribution in [0.2, 0.25) is 0 Å². The van der Waals surface area contributed by atoms with Crippen molar-refractivity contribution in [2.75, 3.05) is 10.6 Å². The molecule has 0 aromatic heterocycles. The second-order valence-electron chi connectivity index (χ2n) is 7.73. The Labute approximate surface area is 212 Å². The largest absolute Gasteiger partial charge is 0.478 e. The van der Waals surface area contributed by atoms with E-state index in [1.54, 1.807) is 36.4 Å². The second-order valence-corrected chi connectivity index (χ2v) is 7.73. The smallest absolute Gasteiger partial charge is 0.328 e. The third kappa shape index (κ3) is 7.77. The van der Waals surface area contributed by atoms with Crippen LogP contribution in [-0.4, -0.2) is 34.0 Å². The summed E-state index contributed by atoms with van der Waals surface area (Å²) in [7, 11) is 0. The van der Waals surface area contributed by atoms with Crippen LogP contribution in [-0.2, 0) is 19.2 Å². The minimum absolute atomic E-state index is 0.249. The normalized spacial score (nSPS) is 10.8. The molecular weight excluding hydrogens is 474 g/mol. The summed E-state index contributed by atoms with van der Waals surface area (Å²) in [5, 5.41) is 31.6. The maximum absolute atomic E-state index is 11.9. The summed E-state index contributed by atoms with van der Waals surface area (Å²) in [5.74, 6) is -3.85. The Morgan fingerprint density at radius 3 is 1.30 bits per heavy atom. The molecular formula is C28H21N3O6. The molecule has 9 heteroatoms. The van der Waals surface area contributed by atoms with Crippen LogP contribution in [0.25, 0.3) is 0 Å². The summed E-state index contributed by atoms with van der Waals surface area (Å²) in [4.78, 5) is 44.9. The number of nitriles is 1. The monoisotopic (exact) mass is 495 g/mol. The number of rotatable bonds is 9. The van der Waals surface area contributed by atoms with Crippen molar-refractivity contribution in [3.05, 3.63) is 119 Å². The minimum Gasteiger partial charge on any atom is -0.478 e. The Morgan fingerprint density at radius 1 is 0.622 bits per heavy atom. The molecule has 3 aromatic rings. The van der Waals surface area contributed by atoms with E-state index in [-0.39, 0.29) is 5.92 Å². The van der Waals surface area contributed by atoms with E-state index >= 15 is 0 Å². The van der Waals surface area contributed by atoms with Gasteiger partial charge in [-0.2, -0.15) is 5.26 Å². The Morgan fingerprint density at radius 2 is 0.973 bits per heavy atom. The Kier molecular flexibility index (Phi) is 8.67. The van der Waals surface area contributed by atoms with Gasteiger partial charge in [0.2, 0.25) is 11.8 Å². The highest BCUT2D eigenvalue weighted by Crippen LogP contribution is 2.33. The first-order valence-electron chi connectivity index (χ1n) is 10.9. The fourth-order valence-corrected chi connectivity index (χ4v) is 3.51. The predicted octanol–water partition coefficient (Wildman–Crippen LogP) is 3.90. The Bertz CT molecular complexity index is 1320. The topological polar surface area (TPSA) is 157 Å². The van der Waals surface area contributed by atoms with E-state index in [4.69, 9.17) is 15.5 Å². The summed E-state index contributed by atoms with van der Waals surface area (Å²) in [5.41, 5.74) is 4.14. The van der Waals surface area contributed by atoms with Crippen molar-refractivity contribution in [3.8, 4) is 6.07 Å². The standard InChI is InChI=1S/C28H21N3O6/c29-17-18-1-3-19(4-2-18)28(20-5-9-22(10-6-20)30-24(32)13-15-26(34)35)21-7-11-23(12-8-21)31-25(33)14-16-27(36)37/h1-16,28H,(H,30,32)(H,31,33)(H,34,35)(H,36,37)/b15-13+,16-14+. The minimum atomic E-state index is -1.22. The van der Waals surface area contributed by atoms with Gasteiger partial charge < -0.3 is 20.8 Å². The zero-order valence-corrected chi connectivity index (χ0v) is 19.3. The molecule has 3 rings (SSSR count).